The second-order valence-corrected chi connectivity index (χ2v) is 7.32. The zero-order valence-corrected chi connectivity index (χ0v) is 10.8. The van der Waals surface area contributed by atoms with Gasteiger partial charge in [0, 0.05) is 4.90 Å². The van der Waals surface area contributed by atoms with Gasteiger partial charge in [0.2, 0.25) is 0 Å². The number of rotatable bonds is 2. The minimum Gasteiger partial charge on any atom is -0.496 e. The van der Waals surface area contributed by atoms with Crippen LogP contribution in [0.1, 0.15) is 25.3 Å². The molecule has 1 aliphatic heterocycles. The minimum atomic E-state index is 0.585. The van der Waals surface area contributed by atoms with E-state index in [9.17, 15) is 0 Å². The summed E-state index contributed by atoms with van der Waals surface area (Å²) in [7, 11) is 7.21. The summed E-state index contributed by atoms with van der Waals surface area (Å²) in [5.41, 5.74) is 1.43. The molecule has 0 N–H and O–H groups in total. The van der Waals surface area contributed by atoms with Gasteiger partial charge in [0.25, 0.3) is 0 Å². The van der Waals surface area contributed by atoms with Gasteiger partial charge in [-0.3, -0.25) is 0 Å². The molecule has 0 saturated carbocycles. The fourth-order valence-corrected chi connectivity index (χ4v) is 6.24. The molecule has 0 fully saturated rings. The van der Waals surface area contributed by atoms with Gasteiger partial charge in [-0.15, -0.1) is 0 Å². The van der Waals surface area contributed by atoms with Crippen LogP contribution in [0.3, 0.4) is 0 Å². The molecule has 0 saturated heterocycles. The first kappa shape index (κ1) is 10.6. The third-order valence-electron chi connectivity index (χ3n) is 2.18. The van der Waals surface area contributed by atoms with Crippen molar-refractivity contribution in [1.82, 2.24) is 0 Å². The highest BCUT2D eigenvalue weighted by Crippen LogP contribution is 2.60. The van der Waals surface area contributed by atoms with E-state index in [0.29, 0.717) is 5.92 Å². The molecule has 4 heteroatoms. The van der Waals surface area contributed by atoms with Crippen molar-refractivity contribution in [2.75, 3.05) is 7.11 Å². The number of benzene rings is 1. The maximum Gasteiger partial charge on any atom is 0.134 e. The summed E-state index contributed by atoms with van der Waals surface area (Å²) in [5, 5.41) is 0. The van der Waals surface area contributed by atoms with Crippen LogP contribution in [-0.4, -0.2) is 7.11 Å². The summed E-state index contributed by atoms with van der Waals surface area (Å²) in [6, 6.07) is 4.26. The monoisotopic (exact) mass is 244 g/mol. The zero-order valence-electron chi connectivity index (χ0n) is 8.37. The zero-order chi connectivity index (χ0) is 10.1. The smallest absolute Gasteiger partial charge is 0.134 e. The van der Waals surface area contributed by atoms with E-state index >= 15 is 0 Å². The molecule has 0 bridgehead atoms. The quantitative estimate of drug-likeness (QED) is 0.704. The third kappa shape index (κ3) is 1.75. The maximum atomic E-state index is 5.34. The highest BCUT2D eigenvalue weighted by atomic mass is 33.5. The second kappa shape index (κ2) is 4.29. The lowest BCUT2D eigenvalue weighted by Crippen LogP contribution is -1.93. The largest absolute Gasteiger partial charge is 0.496 e. The Kier molecular flexibility index (Phi) is 3.24. The van der Waals surface area contributed by atoms with Crippen LogP contribution in [0.15, 0.2) is 21.9 Å². The Morgan fingerprint density at radius 3 is 2.50 bits per heavy atom. The molecule has 0 radical (unpaired) electrons. The molecular formula is C10H12OS3. The summed E-state index contributed by atoms with van der Waals surface area (Å²) in [6.07, 6.45) is 0. The Bertz CT molecular complexity index is 349. The Hall–Kier alpha value is 0.0700. The van der Waals surface area contributed by atoms with Gasteiger partial charge < -0.3 is 4.74 Å². The van der Waals surface area contributed by atoms with Crippen LogP contribution in [0.4, 0.5) is 0 Å². The van der Waals surface area contributed by atoms with E-state index in [-0.39, 0.29) is 0 Å². The van der Waals surface area contributed by atoms with Crippen LogP contribution >= 0.6 is 31.4 Å². The van der Waals surface area contributed by atoms with Crippen LogP contribution in [0.25, 0.3) is 0 Å². The van der Waals surface area contributed by atoms with E-state index in [1.54, 1.807) is 17.9 Å². The lowest BCUT2D eigenvalue weighted by atomic mass is 10.0. The highest BCUT2D eigenvalue weighted by Gasteiger charge is 2.22. The maximum absolute atomic E-state index is 5.34. The molecule has 76 valence electrons. The third-order valence-corrected chi connectivity index (χ3v) is 6.26. The predicted molar refractivity (Wildman–Crippen MR) is 66.4 cm³/mol. The van der Waals surface area contributed by atoms with Crippen molar-refractivity contribution in [3.05, 3.63) is 17.7 Å². The number of methoxy groups -OCH3 is 1. The predicted octanol–water partition coefficient (Wildman–Crippen LogP) is 4.58. The number of hydrogen-bond acceptors (Lipinski definition) is 4. The normalized spacial score (nSPS) is 14.6. The molecule has 14 heavy (non-hydrogen) atoms. The fraction of sp³-hybridized carbons (Fsp3) is 0.400. The lowest BCUT2D eigenvalue weighted by Gasteiger charge is -2.12. The van der Waals surface area contributed by atoms with E-state index in [1.807, 2.05) is 20.6 Å². The first-order chi connectivity index (χ1) is 6.74. The molecule has 0 amide bonds. The Morgan fingerprint density at radius 2 is 1.86 bits per heavy atom. The fourth-order valence-electron chi connectivity index (χ4n) is 1.43. The Labute approximate surface area is 96.2 Å². The summed E-state index contributed by atoms with van der Waals surface area (Å²) in [5.74, 6) is 1.59. The average Bonchev–Trinajstić information content (AvgIpc) is 2.64. The van der Waals surface area contributed by atoms with Crippen LogP contribution in [0.5, 0.6) is 5.75 Å². The molecular weight excluding hydrogens is 232 g/mol. The van der Waals surface area contributed by atoms with Gasteiger partial charge in [0.05, 0.1) is 12.0 Å². The molecule has 1 aromatic carbocycles. The first-order valence-corrected chi connectivity index (χ1v) is 7.94. The van der Waals surface area contributed by atoms with Crippen LogP contribution < -0.4 is 4.74 Å². The van der Waals surface area contributed by atoms with E-state index in [4.69, 9.17) is 4.74 Å². The second-order valence-electron chi connectivity index (χ2n) is 3.40. The molecule has 0 unspecified atom stereocenters. The standard InChI is InChI=1S/C10H12OS3/c1-6(2)7-4-5-8(11-3)10-9(7)12-14-13-10/h4-6H,1-3H3. The molecule has 0 aliphatic carbocycles. The summed E-state index contributed by atoms with van der Waals surface area (Å²) in [6.45, 7) is 4.46. The molecule has 0 atom stereocenters. The van der Waals surface area contributed by atoms with Crippen LogP contribution in [0.2, 0.25) is 0 Å². The van der Waals surface area contributed by atoms with E-state index < -0.39 is 0 Å². The minimum absolute atomic E-state index is 0.585. The number of fused-ring (bicyclic) bond motifs is 1. The number of hydrogen-bond donors (Lipinski definition) is 0. The lowest BCUT2D eigenvalue weighted by molar-refractivity contribution is 0.402. The average molecular weight is 244 g/mol. The van der Waals surface area contributed by atoms with Gasteiger partial charge >= 0.3 is 0 Å². The van der Waals surface area contributed by atoms with Crippen molar-refractivity contribution in [3.63, 3.8) is 0 Å². The molecule has 1 nitrogen and oxygen atoms in total. The summed E-state index contributed by atoms with van der Waals surface area (Å²) in [4.78, 5) is 2.70. The molecule has 2 rings (SSSR count). The summed E-state index contributed by atoms with van der Waals surface area (Å²) < 4.78 is 5.34. The van der Waals surface area contributed by atoms with Crippen molar-refractivity contribution < 1.29 is 4.74 Å². The van der Waals surface area contributed by atoms with Crippen molar-refractivity contribution >= 4 is 31.4 Å². The van der Waals surface area contributed by atoms with Gasteiger partial charge in [-0.2, -0.15) is 0 Å². The molecule has 0 spiro atoms. The first-order valence-electron chi connectivity index (χ1n) is 4.46. The van der Waals surface area contributed by atoms with E-state index in [1.165, 1.54) is 15.4 Å². The van der Waals surface area contributed by atoms with E-state index in [0.717, 1.165) is 5.75 Å². The van der Waals surface area contributed by atoms with Crippen molar-refractivity contribution in [1.29, 1.82) is 0 Å². The molecule has 1 aromatic rings. The van der Waals surface area contributed by atoms with Crippen molar-refractivity contribution in [2.24, 2.45) is 0 Å². The summed E-state index contributed by atoms with van der Waals surface area (Å²) >= 11 is 0. The van der Waals surface area contributed by atoms with Gasteiger partial charge in [0.1, 0.15) is 5.75 Å². The van der Waals surface area contributed by atoms with Gasteiger partial charge in [-0.25, -0.2) is 0 Å². The highest BCUT2D eigenvalue weighted by molar-refractivity contribution is 9.10. The Balaban J connectivity index is 2.53. The number of ether oxygens (including phenoxy) is 1. The SMILES string of the molecule is COc1ccc(C(C)C)c2c1SSS2. The molecule has 0 aromatic heterocycles. The topological polar surface area (TPSA) is 9.23 Å². The van der Waals surface area contributed by atoms with Gasteiger partial charge in [-0.1, -0.05) is 19.9 Å². The van der Waals surface area contributed by atoms with Crippen LogP contribution in [-0.2, 0) is 0 Å². The van der Waals surface area contributed by atoms with Crippen molar-refractivity contribution in [2.45, 2.75) is 29.6 Å². The van der Waals surface area contributed by atoms with Crippen molar-refractivity contribution in [3.8, 4) is 5.75 Å². The molecule has 1 aliphatic rings. The van der Waals surface area contributed by atoms with Gasteiger partial charge in [0.15, 0.2) is 0 Å². The van der Waals surface area contributed by atoms with E-state index in [2.05, 4.69) is 26.0 Å². The van der Waals surface area contributed by atoms with Crippen LogP contribution in [0, 0.1) is 0 Å². The Morgan fingerprint density at radius 1 is 1.14 bits per heavy atom. The van der Waals surface area contributed by atoms with Gasteiger partial charge in [-0.05, 0) is 49.0 Å². The molecule has 1 heterocycles.